The van der Waals surface area contributed by atoms with Crippen molar-refractivity contribution in [2.24, 2.45) is 5.92 Å². The van der Waals surface area contributed by atoms with Crippen molar-refractivity contribution in [1.29, 1.82) is 0 Å². The SMILES string of the molecule is C[C@@H]1CN(C(=O)[C@H]2CCCN(c3ncccn3)C2)[C@@H](C)CO1. The second kappa shape index (κ2) is 6.60. The molecule has 0 aromatic carbocycles. The van der Waals surface area contributed by atoms with Crippen molar-refractivity contribution in [3.63, 3.8) is 0 Å². The standard InChI is InChI=1S/C16H24N4O2/c1-12-11-22-13(2)9-20(12)15(21)14-5-3-8-19(10-14)16-17-6-4-7-18-16/h4,6-7,12-14H,3,5,8-11H2,1-2H3/t12-,13+,14-/m0/s1. The molecular weight excluding hydrogens is 280 g/mol. The lowest BCUT2D eigenvalue weighted by Gasteiger charge is -2.41. The zero-order chi connectivity index (χ0) is 15.5. The molecule has 1 amide bonds. The van der Waals surface area contributed by atoms with E-state index in [0.29, 0.717) is 19.7 Å². The summed E-state index contributed by atoms with van der Waals surface area (Å²) in [6.07, 6.45) is 5.57. The zero-order valence-electron chi connectivity index (χ0n) is 13.3. The van der Waals surface area contributed by atoms with E-state index in [1.807, 2.05) is 17.9 Å². The first-order valence-corrected chi connectivity index (χ1v) is 8.09. The molecule has 0 unspecified atom stereocenters. The maximum absolute atomic E-state index is 12.9. The number of anilines is 1. The van der Waals surface area contributed by atoms with E-state index < -0.39 is 0 Å². The van der Waals surface area contributed by atoms with Gasteiger partial charge in [0.1, 0.15) is 0 Å². The Morgan fingerprint density at radius 2 is 2.05 bits per heavy atom. The third-order valence-corrected chi connectivity index (χ3v) is 4.50. The van der Waals surface area contributed by atoms with Gasteiger partial charge >= 0.3 is 0 Å². The van der Waals surface area contributed by atoms with Gasteiger partial charge in [0.2, 0.25) is 11.9 Å². The summed E-state index contributed by atoms with van der Waals surface area (Å²) in [5.41, 5.74) is 0. The smallest absolute Gasteiger partial charge is 0.227 e. The molecule has 0 saturated carbocycles. The fraction of sp³-hybridized carbons (Fsp3) is 0.688. The molecule has 2 aliphatic rings. The summed E-state index contributed by atoms with van der Waals surface area (Å²) in [6, 6.07) is 1.97. The normalized spacial score (nSPS) is 29.5. The van der Waals surface area contributed by atoms with E-state index in [4.69, 9.17) is 4.74 Å². The fourth-order valence-corrected chi connectivity index (χ4v) is 3.26. The summed E-state index contributed by atoms with van der Waals surface area (Å²) in [4.78, 5) is 25.6. The predicted octanol–water partition coefficient (Wildman–Crippen LogP) is 1.33. The predicted molar refractivity (Wildman–Crippen MR) is 83.6 cm³/mol. The molecule has 0 aliphatic carbocycles. The van der Waals surface area contributed by atoms with Crippen LogP contribution >= 0.6 is 0 Å². The largest absolute Gasteiger partial charge is 0.375 e. The maximum atomic E-state index is 12.9. The molecule has 22 heavy (non-hydrogen) atoms. The van der Waals surface area contributed by atoms with Crippen molar-refractivity contribution in [1.82, 2.24) is 14.9 Å². The van der Waals surface area contributed by atoms with E-state index in [1.54, 1.807) is 12.4 Å². The second-order valence-electron chi connectivity index (χ2n) is 6.32. The summed E-state index contributed by atoms with van der Waals surface area (Å²) in [5.74, 6) is 1.01. The highest BCUT2D eigenvalue weighted by Gasteiger charge is 2.34. The van der Waals surface area contributed by atoms with Gasteiger partial charge in [-0.25, -0.2) is 9.97 Å². The number of carbonyl (C=O) groups excluding carboxylic acids is 1. The highest BCUT2D eigenvalue weighted by molar-refractivity contribution is 5.80. The lowest BCUT2D eigenvalue weighted by atomic mass is 9.95. The number of morpholine rings is 1. The van der Waals surface area contributed by atoms with Crippen molar-refractivity contribution in [3.05, 3.63) is 18.5 Å². The molecule has 3 atom stereocenters. The van der Waals surface area contributed by atoms with Crippen LogP contribution in [0.25, 0.3) is 0 Å². The van der Waals surface area contributed by atoms with Gasteiger partial charge in [0.15, 0.2) is 0 Å². The Hall–Kier alpha value is -1.69. The van der Waals surface area contributed by atoms with Gasteiger partial charge < -0.3 is 14.5 Å². The van der Waals surface area contributed by atoms with Gasteiger partial charge in [0, 0.05) is 32.0 Å². The minimum atomic E-state index is 0.0327. The minimum Gasteiger partial charge on any atom is -0.375 e. The van der Waals surface area contributed by atoms with E-state index >= 15 is 0 Å². The van der Waals surface area contributed by atoms with Gasteiger partial charge in [-0.3, -0.25) is 4.79 Å². The average Bonchev–Trinajstić information content (AvgIpc) is 2.57. The van der Waals surface area contributed by atoms with Crippen LogP contribution in [0.5, 0.6) is 0 Å². The van der Waals surface area contributed by atoms with Crippen LogP contribution in [-0.2, 0) is 9.53 Å². The molecule has 1 aromatic rings. The first-order valence-electron chi connectivity index (χ1n) is 8.09. The number of carbonyl (C=O) groups is 1. The lowest BCUT2D eigenvalue weighted by Crippen LogP contribution is -2.54. The minimum absolute atomic E-state index is 0.0327. The van der Waals surface area contributed by atoms with Crippen LogP contribution < -0.4 is 4.90 Å². The number of piperidine rings is 1. The molecule has 2 aliphatic heterocycles. The van der Waals surface area contributed by atoms with Gasteiger partial charge in [-0.2, -0.15) is 0 Å². The molecule has 1 aromatic heterocycles. The Balaban J connectivity index is 1.67. The first-order chi connectivity index (χ1) is 10.6. The van der Waals surface area contributed by atoms with Gasteiger partial charge in [-0.15, -0.1) is 0 Å². The Labute approximate surface area is 131 Å². The first kappa shape index (κ1) is 15.2. The molecule has 3 rings (SSSR count). The maximum Gasteiger partial charge on any atom is 0.227 e. The van der Waals surface area contributed by atoms with Crippen LogP contribution in [-0.4, -0.2) is 59.2 Å². The molecule has 6 heteroatoms. The van der Waals surface area contributed by atoms with E-state index in [2.05, 4.69) is 21.8 Å². The Morgan fingerprint density at radius 1 is 1.27 bits per heavy atom. The molecular formula is C16H24N4O2. The topological polar surface area (TPSA) is 58.6 Å². The average molecular weight is 304 g/mol. The van der Waals surface area contributed by atoms with Crippen molar-refractivity contribution in [2.75, 3.05) is 31.1 Å². The van der Waals surface area contributed by atoms with Crippen molar-refractivity contribution < 1.29 is 9.53 Å². The fourth-order valence-electron chi connectivity index (χ4n) is 3.26. The lowest BCUT2D eigenvalue weighted by molar-refractivity contribution is -0.147. The van der Waals surface area contributed by atoms with Gasteiger partial charge in [-0.1, -0.05) is 0 Å². The number of amides is 1. The Morgan fingerprint density at radius 3 is 2.82 bits per heavy atom. The molecule has 2 saturated heterocycles. The summed E-state index contributed by atoms with van der Waals surface area (Å²) >= 11 is 0. The van der Waals surface area contributed by atoms with Gasteiger partial charge in [0.05, 0.1) is 24.7 Å². The van der Waals surface area contributed by atoms with Crippen molar-refractivity contribution >= 4 is 11.9 Å². The van der Waals surface area contributed by atoms with Crippen LogP contribution in [0.2, 0.25) is 0 Å². The van der Waals surface area contributed by atoms with E-state index in [0.717, 1.165) is 25.3 Å². The molecule has 2 fully saturated rings. The van der Waals surface area contributed by atoms with E-state index in [9.17, 15) is 4.79 Å². The third kappa shape index (κ3) is 3.21. The summed E-state index contributed by atoms with van der Waals surface area (Å²) < 4.78 is 5.62. The van der Waals surface area contributed by atoms with Crippen LogP contribution in [0.1, 0.15) is 26.7 Å². The van der Waals surface area contributed by atoms with Crippen LogP contribution in [0, 0.1) is 5.92 Å². The van der Waals surface area contributed by atoms with Crippen molar-refractivity contribution in [2.45, 2.75) is 38.8 Å². The van der Waals surface area contributed by atoms with Crippen LogP contribution in [0.15, 0.2) is 18.5 Å². The number of hydrogen-bond acceptors (Lipinski definition) is 5. The number of ether oxygens (including phenoxy) is 1. The Bertz CT molecular complexity index is 510. The highest BCUT2D eigenvalue weighted by atomic mass is 16.5. The monoisotopic (exact) mass is 304 g/mol. The van der Waals surface area contributed by atoms with Crippen LogP contribution in [0.3, 0.4) is 0 Å². The third-order valence-electron chi connectivity index (χ3n) is 4.50. The van der Waals surface area contributed by atoms with E-state index in [-0.39, 0.29) is 24.0 Å². The molecule has 3 heterocycles. The zero-order valence-corrected chi connectivity index (χ0v) is 13.3. The number of aromatic nitrogens is 2. The Kier molecular flexibility index (Phi) is 4.57. The van der Waals surface area contributed by atoms with Gasteiger partial charge in [0.25, 0.3) is 0 Å². The highest BCUT2D eigenvalue weighted by Crippen LogP contribution is 2.24. The number of rotatable bonds is 2. The molecule has 0 spiro atoms. The quantitative estimate of drug-likeness (QED) is 0.825. The summed E-state index contributed by atoms with van der Waals surface area (Å²) in [6.45, 7) is 7.04. The van der Waals surface area contributed by atoms with Crippen molar-refractivity contribution in [3.8, 4) is 0 Å². The molecule has 0 bridgehead atoms. The summed E-state index contributed by atoms with van der Waals surface area (Å²) in [7, 11) is 0. The van der Waals surface area contributed by atoms with Crippen LogP contribution in [0.4, 0.5) is 5.95 Å². The summed E-state index contributed by atoms with van der Waals surface area (Å²) in [5, 5.41) is 0. The molecule has 0 radical (unpaired) electrons. The van der Waals surface area contributed by atoms with Gasteiger partial charge in [-0.05, 0) is 32.8 Å². The number of hydrogen-bond donors (Lipinski definition) is 0. The number of nitrogens with zero attached hydrogens (tertiary/aromatic N) is 4. The second-order valence-corrected chi connectivity index (χ2v) is 6.32. The van der Waals surface area contributed by atoms with E-state index in [1.165, 1.54) is 0 Å². The molecule has 0 N–H and O–H groups in total. The molecule has 120 valence electrons. The molecule has 6 nitrogen and oxygen atoms in total.